The molecule has 0 spiro atoms. The van der Waals surface area contributed by atoms with Crippen LogP contribution in [0.1, 0.15) is 18.5 Å². The van der Waals surface area contributed by atoms with Crippen LogP contribution in [0.2, 0.25) is 0 Å². The third kappa shape index (κ3) is 4.12. The van der Waals surface area contributed by atoms with Crippen molar-refractivity contribution >= 4 is 5.91 Å². The minimum absolute atomic E-state index is 0.0166. The van der Waals surface area contributed by atoms with Gasteiger partial charge in [-0.15, -0.1) is 0 Å². The molecule has 122 valence electrons. The molecule has 23 heavy (non-hydrogen) atoms. The number of carbonyl (C=O) groups excluding carboxylic acids is 1. The van der Waals surface area contributed by atoms with Gasteiger partial charge in [-0.1, -0.05) is 12.1 Å². The summed E-state index contributed by atoms with van der Waals surface area (Å²) in [4.78, 5) is 23.7. The number of ether oxygens (including phenoxy) is 2. The molecule has 1 atom stereocenters. The molecular formula is C17H20N2O4. The van der Waals surface area contributed by atoms with Crippen LogP contribution in [0.4, 0.5) is 0 Å². The van der Waals surface area contributed by atoms with E-state index in [-0.39, 0.29) is 24.1 Å². The van der Waals surface area contributed by atoms with Gasteiger partial charge in [0.15, 0.2) is 11.5 Å². The maximum atomic E-state index is 12.1. The predicted molar refractivity (Wildman–Crippen MR) is 86.8 cm³/mol. The van der Waals surface area contributed by atoms with E-state index in [1.54, 1.807) is 38.6 Å². The third-order valence-corrected chi connectivity index (χ3v) is 3.50. The lowest BCUT2D eigenvalue weighted by molar-refractivity contribution is -0.122. The molecule has 0 radical (unpaired) electrons. The second kappa shape index (κ2) is 7.49. The summed E-state index contributed by atoms with van der Waals surface area (Å²) < 4.78 is 11.8. The van der Waals surface area contributed by atoms with Crippen LogP contribution in [0, 0.1) is 0 Å². The summed E-state index contributed by atoms with van der Waals surface area (Å²) in [7, 11) is 3.13. The molecule has 2 rings (SSSR count). The SMILES string of the molecule is COc1ccc(C(C)NC(=O)Cn2ccccc2=O)cc1OC. The molecule has 0 saturated carbocycles. The minimum atomic E-state index is -0.236. The number of amides is 1. The lowest BCUT2D eigenvalue weighted by Gasteiger charge is -2.17. The molecular weight excluding hydrogens is 296 g/mol. The Labute approximate surface area is 134 Å². The van der Waals surface area contributed by atoms with Gasteiger partial charge in [0.25, 0.3) is 5.56 Å². The van der Waals surface area contributed by atoms with Gasteiger partial charge in [0.1, 0.15) is 6.54 Å². The lowest BCUT2D eigenvalue weighted by Crippen LogP contribution is -2.33. The number of pyridine rings is 1. The summed E-state index contributed by atoms with van der Waals surface area (Å²) in [5.41, 5.74) is 0.679. The first-order valence-corrected chi connectivity index (χ1v) is 7.22. The van der Waals surface area contributed by atoms with Crippen molar-refractivity contribution in [2.24, 2.45) is 0 Å². The Morgan fingerprint density at radius 3 is 2.57 bits per heavy atom. The predicted octanol–water partition coefficient (Wildman–Crippen LogP) is 1.74. The summed E-state index contributed by atoms with van der Waals surface area (Å²) >= 11 is 0. The summed E-state index contributed by atoms with van der Waals surface area (Å²) in [6.07, 6.45) is 1.59. The van der Waals surface area contributed by atoms with E-state index in [0.29, 0.717) is 11.5 Å². The summed E-state index contributed by atoms with van der Waals surface area (Å²) in [5, 5.41) is 2.87. The molecule has 1 N–H and O–H groups in total. The fraction of sp³-hybridized carbons (Fsp3) is 0.294. The van der Waals surface area contributed by atoms with E-state index in [2.05, 4.69) is 5.32 Å². The van der Waals surface area contributed by atoms with Crippen LogP contribution < -0.4 is 20.3 Å². The second-order valence-electron chi connectivity index (χ2n) is 5.07. The highest BCUT2D eigenvalue weighted by Gasteiger charge is 2.13. The Hall–Kier alpha value is -2.76. The molecule has 0 saturated heterocycles. The summed E-state index contributed by atoms with van der Waals surface area (Å²) in [6.45, 7) is 1.85. The van der Waals surface area contributed by atoms with E-state index >= 15 is 0 Å². The molecule has 0 fully saturated rings. The zero-order chi connectivity index (χ0) is 16.8. The maximum absolute atomic E-state index is 12.1. The number of hydrogen-bond acceptors (Lipinski definition) is 4. The van der Waals surface area contributed by atoms with Crippen molar-refractivity contribution in [1.82, 2.24) is 9.88 Å². The Morgan fingerprint density at radius 1 is 1.17 bits per heavy atom. The van der Waals surface area contributed by atoms with E-state index in [1.165, 1.54) is 10.6 Å². The highest BCUT2D eigenvalue weighted by Crippen LogP contribution is 2.29. The molecule has 0 aliphatic heterocycles. The monoisotopic (exact) mass is 316 g/mol. The highest BCUT2D eigenvalue weighted by atomic mass is 16.5. The van der Waals surface area contributed by atoms with Gasteiger partial charge in [-0.2, -0.15) is 0 Å². The van der Waals surface area contributed by atoms with Crippen LogP contribution in [-0.2, 0) is 11.3 Å². The van der Waals surface area contributed by atoms with Crippen LogP contribution in [0.15, 0.2) is 47.4 Å². The van der Waals surface area contributed by atoms with E-state index in [9.17, 15) is 9.59 Å². The molecule has 1 heterocycles. The zero-order valence-electron chi connectivity index (χ0n) is 13.4. The molecule has 0 bridgehead atoms. The summed E-state index contributed by atoms with van der Waals surface area (Å²) in [6, 6.07) is 10.0. The van der Waals surface area contributed by atoms with Gasteiger partial charge in [0.2, 0.25) is 5.91 Å². The van der Waals surface area contributed by atoms with Crippen LogP contribution in [0.5, 0.6) is 11.5 Å². The third-order valence-electron chi connectivity index (χ3n) is 3.50. The first kappa shape index (κ1) is 16.6. The molecule has 6 heteroatoms. The minimum Gasteiger partial charge on any atom is -0.493 e. The van der Waals surface area contributed by atoms with Crippen molar-refractivity contribution in [3.8, 4) is 11.5 Å². The van der Waals surface area contributed by atoms with Gasteiger partial charge in [-0.05, 0) is 30.7 Å². The van der Waals surface area contributed by atoms with Gasteiger partial charge in [0, 0.05) is 12.3 Å². The Bertz CT molecular complexity index is 739. The number of nitrogens with one attached hydrogen (secondary N) is 1. The Balaban J connectivity index is 2.06. The first-order chi connectivity index (χ1) is 11.0. The molecule has 6 nitrogen and oxygen atoms in total. The van der Waals surface area contributed by atoms with Crippen molar-refractivity contribution in [3.05, 3.63) is 58.5 Å². The average molecular weight is 316 g/mol. The smallest absolute Gasteiger partial charge is 0.250 e. The number of nitrogens with zero attached hydrogens (tertiary/aromatic N) is 1. The van der Waals surface area contributed by atoms with E-state index in [0.717, 1.165) is 5.56 Å². The fourth-order valence-electron chi connectivity index (χ4n) is 2.24. The number of methoxy groups -OCH3 is 2. The molecule has 0 aliphatic rings. The van der Waals surface area contributed by atoms with Gasteiger partial charge in [-0.25, -0.2) is 0 Å². The van der Waals surface area contributed by atoms with Crippen molar-refractivity contribution in [2.45, 2.75) is 19.5 Å². The topological polar surface area (TPSA) is 69.6 Å². The van der Waals surface area contributed by atoms with Crippen molar-refractivity contribution in [1.29, 1.82) is 0 Å². The van der Waals surface area contributed by atoms with Crippen LogP contribution in [-0.4, -0.2) is 24.7 Å². The molecule has 2 aromatic rings. The Morgan fingerprint density at radius 2 is 1.91 bits per heavy atom. The van der Waals surface area contributed by atoms with E-state index in [4.69, 9.17) is 9.47 Å². The van der Waals surface area contributed by atoms with Gasteiger partial charge in [0.05, 0.1) is 20.3 Å². The molecule has 1 unspecified atom stereocenters. The largest absolute Gasteiger partial charge is 0.493 e. The summed E-state index contributed by atoms with van der Waals surface area (Å²) in [5.74, 6) is 0.997. The van der Waals surface area contributed by atoms with Gasteiger partial charge >= 0.3 is 0 Å². The maximum Gasteiger partial charge on any atom is 0.250 e. The normalized spacial score (nSPS) is 11.6. The molecule has 1 amide bonds. The van der Waals surface area contributed by atoms with Crippen molar-refractivity contribution in [3.63, 3.8) is 0 Å². The number of benzene rings is 1. The van der Waals surface area contributed by atoms with Gasteiger partial charge < -0.3 is 19.4 Å². The van der Waals surface area contributed by atoms with Crippen LogP contribution in [0.3, 0.4) is 0 Å². The van der Waals surface area contributed by atoms with Crippen LogP contribution in [0.25, 0.3) is 0 Å². The fourth-order valence-corrected chi connectivity index (χ4v) is 2.24. The number of aromatic nitrogens is 1. The quantitative estimate of drug-likeness (QED) is 0.881. The van der Waals surface area contributed by atoms with Crippen molar-refractivity contribution < 1.29 is 14.3 Å². The standard InChI is InChI=1S/C17H20N2O4/c1-12(13-7-8-14(22-2)15(10-13)23-3)18-16(20)11-19-9-5-4-6-17(19)21/h4-10,12H,11H2,1-3H3,(H,18,20). The van der Waals surface area contributed by atoms with E-state index in [1.807, 2.05) is 19.1 Å². The number of carbonyl (C=O) groups is 1. The van der Waals surface area contributed by atoms with Crippen LogP contribution >= 0.6 is 0 Å². The molecule has 0 aliphatic carbocycles. The lowest BCUT2D eigenvalue weighted by atomic mass is 10.1. The highest BCUT2D eigenvalue weighted by molar-refractivity contribution is 5.76. The number of rotatable bonds is 6. The second-order valence-corrected chi connectivity index (χ2v) is 5.07. The zero-order valence-corrected chi connectivity index (χ0v) is 13.4. The van der Waals surface area contributed by atoms with Gasteiger partial charge in [-0.3, -0.25) is 9.59 Å². The molecule has 1 aromatic heterocycles. The average Bonchev–Trinajstić information content (AvgIpc) is 2.56. The van der Waals surface area contributed by atoms with Crippen molar-refractivity contribution in [2.75, 3.05) is 14.2 Å². The first-order valence-electron chi connectivity index (χ1n) is 7.22. The number of hydrogen-bond donors (Lipinski definition) is 1. The Kier molecular flexibility index (Phi) is 5.41. The van der Waals surface area contributed by atoms with E-state index < -0.39 is 0 Å². The molecule has 1 aromatic carbocycles.